The van der Waals surface area contributed by atoms with E-state index in [-0.39, 0.29) is 17.5 Å². The zero-order valence-corrected chi connectivity index (χ0v) is 15.0. The second kappa shape index (κ2) is 6.71. The summed E-state index contributed by atoms with van der Waals surface area (Å²) in [6, 6.07) is 1.08. The van der Waals surface area contributed by atoms with E-state index in [0.29, 0.717) is 36.1 Å². The molecule has 1 aromatic carbocycles. The second-order valence-corrected chi connectivity index (χ2v) is 6.52. The van der Waals surface area contributed by atoms with E-state index in [2.05, 4.69) is 22.1 Å². The average molecular weight is 356 g/mol. The fourth-order valence-electron chi connectivity index (χ4n) is 3.52. The minimum atomic E-state index is -0.675. The Bertz CT molecular complexity index is 968. The van der Waals surface area contributed by atoms with Gasteiger partial charge in [-0.05, 0) is 44.7 Å². The van der Waals surface area contributed by atoms with Crippen LogP contribution in [0.4, 0.5) is 10.1 Å². The molecule has 6 nitrogen and oxygen atoms in total. The predicted octanol–water partition coefficient (Wildman–Crippen LogP) is 1.74. The summed E-state index contributed by atoms with van der Waals surface area (Å²) in [6.07, 6.45) is 0.693. The molecule has 0 saturated carbocycles. The van der Waals surface area contributed by atoms with Crippen molar-refractivity contribution in [1.29, 1.82) is 0 Å². The van der Waals surface area contributed by atoms with E-state index in [4.69, 9.17) is 5.73 Å². The topological polar surface area (TPSA) is 91.2 Å². The van der Waals surface area contributed by atoms with Crippen molar-refractivity contribution in [2.45, 2.75) is 33.2 Å². The molecule has 136 valence electrons. The quantitative estimate of drug-likeness (QED) is 0.732. The number of nitrogens with zero attached hydrogens (tertiary/aromatic N) is 1. The smallest absolute Gasteiger partial charge is 0.296 e. The Morgan fingerprint density at radius 2 is 2.15 bits per heavy atom. The van der Waals surface area contributed by atoms with Crippen LogP contribution in [0.3, 0.4) is 0 Å². The van der Waals surface area contributed by atoms with Crippen molar-refractivity contribution in [2.24, 2.45) is 5.73 Å². The van der Waals surface area contributed by atoms with Crippen molar-refractivity contribution >= 4 is 28.4 Å². The van der Waals surface area contributed by atoms with Crippen molar-refractivity contribution in [3.63, 3.8) is 0 Å². The van der Waals surface area contributed by atoms with Crippen molar-refractivity contribution in [3.8, 4) is 11.8 Å². The van der Waals surface area contributed by atoms with Gasteiger partial charge >= 0.3 is 0 Å². The number of aryl methyl sites for hydroxylation is 2. The van der Waals surface area contributed by atoms with Crippen LogP contribution < -0.4 is 16.0 Å². The van der Waals surface area contributed by atoms with Crippen LogP contribution in [-0.2, 0) is 4.79 Å². The molecule has 0 spiro atoms. The highest BCUT2D eigenvalue weighted by atomic mass is 19.1. The number of primary amides is 1. The lowest BCUT2D eigenvalue weighted by Gasteiger charge is -2.22. The summed E-state index contributed by atoms with van der Waals surface area (Å²) < 4.78 is 14.9. The number of H-pyrrole nitrogens is 1. The number of amides is 2. The van der Waals surface area contributed by atoms with Crippen LogP contribution in [0, 0.1) is 31.5 Å². The fourth-order valence-corrected chi connectivity index (χ4v) is 3.52. The Morgan fingerprint density at radius 3 is 2.81 bits per heavy atom. The summed E-state index contributed by atoms with van der Waals surface area (Å²) in [4.78, 5) is 28.4. The maximum absolute atomic E-state index is 14.9. The molecule has 0 aliphatic carbocycles. The summed E-state index contributed by atoms with van der Waals surface area (Å²) in [5, 5.41) is 3.50. The molecule has 2 aromatic rings. The molecule has 0 radical (unpaired) electrons. The van der Waals surface area contributed by atoms with E-state index in [9.17, 15) is 14.0 Å². The third-order valence-electron chi connectivity index (χ3n) is 4.85. The van der Waals surface area contributed by atoms with Crippen LogP contribution >= 0.6 is 0 Å². The maximum atomic E-state index is 14.9. The first-order valence-electron chi connectivity index (χ1n) is 8.42. The number of nitrogens with one attached hydrogen (secondary N) is 2. The van der Waals surface area contributed by atoms with Gasteiger partial charge < -0.3 is 20.9 Å². The molecule has 1 atom stereocenters. The standard InChI is InChI=1S/C19H21FN4O2/c1-4-5-15(25)23-12-6-7-24(9-12)18-14(20)8-13(19(21)26)17-16(18)10(2)11(3)22-17/h8,12,22H,6-7,9H2,1-3H3,(H2,21,26)(H,23,25). The minimum Gasteiger partial charge on any atom is -0.366 e. The lowest BCUT2D eigenvalue weighted by Crippen LogP contribution is -2.36. The van der Waals surface area contributed by atoms with Crippen LogP contribution in [0.25, 0.3) is 10.9 Å². The highest BCUT2D eigenvalue weighted by Gasteiger charge is 2.29. The first-order chi connectivity index (χ1) is 12.3. The third-order valence-corrected chi connectivity index (χ3v) is 4.85. The number of anilines is 1. The SMILES string of the molecule is CC#CC(=O)NC1CCN(c2c(F)cc(C(N)=O)c3[nH]c(C)c(C)c23)C1. The molecule has 26 heavy (non-hydrogen) atoms. The van der Waals surface area contributed by atoms with Gasteiger partial charge in [-0.3, -0.25) is 9.59 Å². The molecule has 1 fully saturated rings. The van der Waals surface area contributed by atoms with Crippen LogP contribution in [0.1, 0.15) is 35.0 Å². The molecule has 2 amide bonds. The first-order valence-corrected chi connectivity index (χ1v) is 8.42. The Balaban J connectivity index is 2.02. The number of rotatable bonds is 3. The number of carbonyl (C=O) groups excluding carboxylic acids is 2. The molecular formula is C19H21FN4O2. The molecule has 4 N–H and O–H groups in total. The molecule has 3 rings (SSSR count). The Labute approximate surface area is 150 Å². The summed E-state index contributed by atoms with van der Waals surface area (Å²) in [5.74, 6) is 3.52. The van der Waals surface area contributed by atoms with Crippen LogP contribution in [0.2, 0.25) is 0 Å². The van der Waals surface area contributed by atoms with E-state index in [1.165, 1.54) is 6.07 Å². The molecule has 1 aliphatic heterocycles. The van der Waals surface area contributed by atoms with Crippen LogP contribution in [0.5, 0.6) is 0 Å². The van der Waals surface area contributed by atoms with Gasteiger partial charge in [0.15, 0.2) is 0 Å². The van der Waals surface area contributed by atoms with Gasteiger partial charge in [0.25, 0.3) is 11.8 Å². The van der Waals surface area contributed by atoms with Gasteiger partial charge in [0, 0.05) is 30.2 Å². The number of aromatic nitrogens is 1. The summed E-state index contributed by atoms with van der Waals surface area (Å²) in [5.41, 5.74) is 8.27. The zero-order valence-electron chi connectivity index (χ0n) is 15.0. The fraction of sp³-hybridized carbons (Fsp3) is 0.368. The van der Waals surface area contributed by atoms with E-state index in [0.717, 1.165) is 11.3 Å². The molecule has 7 heteroatoms. The van der Waals surface area contributed by atoms with Gasteiger partial charge in [0.1, 0.15) is 5.82 Å². The number of hydrogen-bond donors (Lipinski definition) is 3. The number of benzene rings is 1. The molecule has 1 aliphatic rings. The van der Waals surface area contributed by atoms with Crippen LogP contribution in [-0.4, -0.2) is 35.9 Å². The second-order valence-electron chi connectivity index (χ2n) is 6.52. The number of hydrogen-bond acceptors (Lipinski definition) is 3. The van der Waals surface area contributed by atoms with Gasteiger partial charge in [0.2, 0.25) is 0 Å². The maximum Gasteiger partial charge on any atom is 0.296 e. The highest BCUT2D eigenvalue weighted by Crippen LogP contribution is 2.37. The summed E-state index contributed by atoms with van der Waals surface area (Å²) in [6.45, 7) is 6.43. The predicted molar refractivity (Wildman–Crippen MR) is 98.5 cm³/mol. The Hall–Kier alpha value is -3.01. The number of fused-ring (bicyclic) bond motifs is 1. The molecule has 1 unspecified atom stereocenters. The van der Waals surface area contributed by atoms with Crippen molar-refractivity contribution < 1.29 is 14.0 Å². The third kappa shape index (κ3) is 2.99. The molecule has 2 heterocycles. The molecule has 1 saturated heterocycles. The highest BCUT2D eigenvalue weighted by molar-refractivity contribution is 6.10. The normalized spacial score (nSPS) is 16.5. The first kappa shape index (κ1) is 17.8. The Morgan fingerprint density at radius 1 is 1.42 bits per heavy atom. The minimum absolute atomic E-state index is 0.103. The number of halogens is 1. The van der Waals surface area contributed by atoms with Crippen molar-refractivity contribution in [2.75, 3.05) is 18.0 Å². The van der Waals surface area contributed by atoms with Crippen LogP contribution in [0.15, 0.2) is 6.07 Å². The lowest BCUT2D eigenvalue weighted by atomic mass is 10.0. The van der Waals surface area contributed by atoms with Gasteiger partial charge in [-0.1, -0.05) is 5.92 Å². The molecule has 0 bridgehead atoms. The van der Waals surface area contributed by atoms with Crippen molar-refractivity contribution in [3.05, 3.63) is 28.7 Å². The zero-order chi connectivity index (χ0) is 19.0. The molecular weight excluding hydrogens is 335 g/mol. The van der Waals surface area contributed by atoms with Gasteiger partial charge in [-0.15, -0.1) is 0 Å². The number of nitrogens with two attached hydrogens (primary N) is 1. The summed E-state index contributed by atoms with van der Waals surface area (Å²) in [7, 11) is 0. The van der Waals surface area contributed by atoms with Gasteiger partial charge in [0.05, 0.1) is 16.8 Å². The van der Waals surface area contributed by atoms with Gasteiger partial charge in [-0.2, -0.15) is 0 Å². The average Bonchev–Trinajstić information content (AvgIpc) is 3.13. The summed E-state index contributed by atoms with van der Waals surface area (Å²) >= 11 is 0. The van der Waals surface area contributed by atoms with Crippen molar-refractivity contribution in [1.82, 2.24) is 10.3 Å². The van der Waals surface area contributed by atoms with E-state index in [1.807, 2.05) is 18.7 Å². The largest absolute Gasteiger partial charge is 0.366 e. The molecule has 1 aromatic heterocycles. The van der Waals surface area contributed by atoms with Gasteiger partial charge in [-0.25, -0.2) is 4.39 Å². The van der Waals surface area contributed by atoms with E-state index >= 15 is 0 Å². The van der Waals surface area contributed by atoms with E-state index < -0.39 is 11.7 Å². The number of aromatic amines is 1. The monoisotopic (exact) mass is 356 g/mol. The Kier molecular flexibility index (Phi) is 4.60. The van der Waals surface area contributed by atoms with E-state index in [1.54, 1.807) is 6.92 Å². The lowest BCUT2D eigenvalue weighted by molar-refractivity contribution is -0.116. The number of carbonyl (C=O) groups is 2.